The maximum absolute atomic E-state index is 11.1. The highest BCUT2D eigenvalue weighted by Gasteiger charge is 2.21. The Kier molecular flexibility index (Phi) is 4.76. The van der Waals surface area contributed by atoms with Gasteiger partial charge in [0.25, 0.3) is 10.2 Å². The van der Waals surface area contributed by atoms with E-state index in [4.69, 9.17) is 18.0 Å². The van der Waals surface area contributed by atoms with Crippen molar-refractivity contribution in [2.45, 2.75) is 19.9 Å². The van der Waals surface area contributed by atoms with Gasteiger partial charge in [-0.2, -0.15) is 13.1 Å². The highest BCUT2D eigenvalue weighted by Crippen LogP contribution is 2.02. The lowest BCUT2D eigenvalue weighted by molar-refractivity contribution is 0.521. The van der Waals surface area contributed by atoms with Crippen molar-refractivity contribution >= 4 is 27.4 Å². The highest BCUT2D eigenvalue weighted by molar-refractivity contribution is 7.87. The van der Waals surface area contributed by atoms with Crippen molar-refractivity contribution in [3.05, 3.63) is 0 Å². The van der Waals surface area contributed by atoms with E-state index in [9.17, 15) is 8.42 Å². The quantitative estimate of drug-likeness (QED) is 0.543. The van der Waals surface area contributed by atoms with Crippen LogP contribution in [0.4, 0.5) is 0 Å². The molecule has 0 aliphatic heterocycles. The molecule has 0 aromatic rings. The number of hydrogen-bond acceptors (Lipinski definition) is 3. The summed E-state index contributed by atoms with van der Waals surface area (Å²) in [5.74, 6) is 0.0284. The average molecular weight is 225 g/mol. The fraction of sp³-hybridized carbons (Fsp3) is 0.833. The second-order valence-electron chi connectivity index (χ2n) is 2.95. The van der Waals surface area contributed by atoms with Gasteiger partial charge in [0, 0.05) is 7.05 Å². The smallest absolute Gasteiger partial charge is 0.277 e. The molecule has 0 amide bonds. The highest BCUT2D eigenvalue weighted by atomic mass is 32.2. The van der Waals surface area contributed by atoms with Gasteiger partial charge in [-0.15, -0.1) is 0 Å². The first-order valence-corrected chi connectivity index (χ1v) is 5.69. The first kappa shape index (κ1) is 12.8. The van der Waals surface area contributed by atoms with Gasteiger partial charge in [0.1, 0.15) is 0 Å². The summed E-state index contributed by atoms with van der Waals surface area (Å²) in [7, 11) is -2.16. The van der Waals surface area contributed by atoms with Gasteiger partial charge in [-0.05, 0) is 5.92 Å². The number of nitrogens with two attached hydrogens (primary N) is 1. The Hall–Kier alpha value is -0.240. The van der Waals surface area contributed by atoms with Gasteiger partial charge in [-0.3, -0.25) is 0 Å². The maximum Gasteiger partial charge on any atom is 0.277 e. The summed E-state index contributed by atoms with van der Waals surface area (Å²) in [6.45, 7) is 3.67. The van der Waals surface area contributed by atoms with E-state index < -0.39 is 16.3 Å². The molecular formula is C6H15N3O2S2. The Morgan fingerprint density at radius 3 is 2.15 bits per heavy atom. The predicted molar refractivity (Wildman–Crippen MR) is 56.5 cm³/mol. The molecule has 13 heavy (non-hydrogen) atoms. The van der Waals surface area contributed by atoms with Crippen LogP contribution in [0, 0.1) is 5.92 Å². The van der Waals surface area contributed by atoms with Crippen molar-refractivity contribution in [2.75, 3.05) is 7.05 Å². The van der Waals surface area contributed by atoms with Gasteiger partial charge in [0.15, 0.2) is 0 Å². The van der Waals surface area contributed by atoms with Gasteiger partial charge >= 0.3 is 0 Å². The molecule has 0 aromatic carbocycles. The van der Waals surface area contributed by atoms with Crippen LogP contribution in [-0.2, 0) is 10.2 Å². The molecule has 1 unspecified atom stereocenters. The monoisotopic (exact) mass is 225 g/mol. The fourth-order valence-corrected chi connectivity index (χ4v) is 2.01. The number of rotatable bonds is 5. The molecule has 0 spiro atoms. The summed E-state index contributed by atoms with van der Waals surface area (Å²) < 4.78 is 26.6. The van der Waals surface area contributed by atoms with E-state index in [0.717, 1.165) is 0 Å². The minimum absolute atomic E-state index is 0.0284. The molecular weight excluding hydrogens is 210 g/mol. The zero-order valence-electron chi connectivity index (χ0n) is 7.87. The molecule has 5 nitrogen and oxygen atoms in total. The van der Waals surface area contributed by atoms with Crippen LogP contribution in [0.2, 0.25) is 0 Å². The summed E-state index contributed by atoms with van der Waals surface area (Å²) in [6, 6.07) is -0.507. The lowest BCUT2D eigenvalue weighted by atomic mass is 10.1. The maximum atomic E-state index is 11.1. The Labute approximate surface area is 84.3 Å². The van der Waals surface area contributed by atoms with Crippen LogP contribution < -0.4 is 15.2 Å². The minimum atomic E-state index is -3.48. The second-order valence-corrected chi connectivity index (χ2v) is 5.07. The van der Waals surface area contributed by atoms with E-state index in [1.807, 2.05) is 13.8 Å². The standard InChI is InChI=1S/C6H15N3O2S2/c1-4(2)5(6(7)12)9-13(10,11)8-3/h4-5,8-9H,1-3H3,(H2,7,12). The summed E-state index contributed by atoms with van der Waals surface area (Å²) in [6.07, 6.45) is 0. The van der Waals surface area contributed by atoms with Crippen molar-refractivity contribution in [2.24, 2.45) is 11.7 Å². The van der Waals surface area contributed by atoms with E-state index in [-0.39, 0.29) is 10.9 Å². The topological polar surface area (TPSA) is 84.2 Å². The molecule has 4 N–H and O–H groups in total. The SMILES string of the molecule is CNS(=O)(=O)NC(C(N)=S)C(C)C. The third-order valence-corrected chi connectivity index (χ3v) is 2.88. The van der Waals surface area contributed by atoms with Crippen LogP contribution in [0.15, 0.2) is 0 Å². The molecule has 0 bridgehead atoms. The summed E-state index contributed by atoms with van der Waals surface area (Å²) in [5.41, 5.74) is 5.38. The Balaban J connectivity index is 4.54. The molecule has 0 aliphatic rings. The zero-order valence-corrected chi connectivity index (χ0v) is 9.50. The van der Waals surface area contributed by atoms with E-state index in [1.54, 1.807) is 0 Å². The Bertz CT molecular complexity index is 274. The molecule has 0 fully saturated rings. The van der Waals surface area contributed by atoms with Gasteiger partial charge in [-0.1, -0.05) is 26.1 Å². The lowest BCUT2D eigenvalue weighted by Crippen LogP contribution is -2.49. The van der Waals surface area contributed by atoms with Crippen molar-refractivity contribution in [1.82, 2.24) is 9.44 Å². The second kappa shape index (κ2) is 4.85. The molecule has 78 valence electrons. The fourth-order valence-electron chi connectivity index (χ4n) is 0.749. The Morgan fingerprint density at radius 1 is 1.46 bits per heavy atom. The molecule has 0 saturated carbocycles. The third kappa shape index (κ3) is 4.51. The Morgan fingerprint density at radius 2 is 1.92 bits per heavy atom. The summed E-state index contributed by atoms with van der Waals surface area (Å²) >= 11 is 4.73. The van der Waals surface area contributed by atoms with E-state index >= 15 is 0 Å². The van der Waals surface area contributed by atoms with Gasteiger partial charge in [-0.25, -0.2) is 4.72 Å². The largest absolute Gasteiger partial charge is 0.392 e. The average Bonchev–Trinajstić information content (AvgIpc) is 1.99. The normalized spacial score (nSPS) is 14.5. The number of thiocarbonyl (C=S) groups is 1. The van der Waals surface area contributed by atoms with Crippen LogP contribution >= 0.6 is 12.2 Å². The van der Waals surface area contributed by atoms with Crippen LogP contribution in [0.5, 0.6) is 0 Å². The molecule has 0 aliphatic carbocycles. The lowest BCUT2D eigenvalue weighted by Gasteiger charge is -2.20. The molecule has 0 rings (SSSR count). The van der Waals surface area contributed by atoms with Crippen molar-refractivity contribution in [3.8, 4) is 0 Å². The summed E-state index contributed by atoms with van der Waals surface area (Å²) in [4.78, 5) is 0.147. The van der Waals surface area contributed by atoms with E-state index in [2.05, 4.69) is 9.44 Å². The van der Waals surface area contributed by atoms with Crippen LogP contribution in [0.3, 0.4) is 0 Å². The molecule has 0 radical (unpaired) electrons. The molecule has 0 aromatic heterocycles. The first-order valence-electron chi connectivity index (χ1n) is 3.80. The van der Waals surface area contributed by atoms with E-state index in [1.165, 1.54) is 7.05 Å². The van der Waals surface area contributed by atoms with Crippen LogP contribution in [-0.4, -0.2) is 26.5 Å². The van der Waals surface area contributed by atoms with Crippen LogP contribution in [0.25, 0.3) is 0 Å². The molecule has 7 heteroatoms. The van der Waals surface area contributed by atoms with Crippen molar-refractivity contribution in [1.29, 1.82) is 0 Å². The van der Waals surface area contributed by atoms with Crippen LogP contribution in [0.1, 0.15) is 13.8 Å². The first-order chi connectivity index (χ1) is 5.80. The predicted octanol–water partition coefficient (Wildman–Crippen LogP) is -0.649. The zero-order chi connectivity index (χ0) is 10.6. The molecule has 0 heterocycles. The summed E-state index contributed by atoms with van der Waals surface area (Å²) in [5, 5.41) is 0. The van der Waals surface area contributed by atoms with Gasteiger partial charge < -0.3 is 5.73 Å². The minimum Gasteiger partial charge on any atom is -0.392 e. The van der Waals surface area contributed by atoms with Crippen molar-refractivity contribution < 1.29 is 8.42 Å². The van der Waals surface area contributed by atoms with Gasteiger partial charge in [0.2, 0.25) is 0 Å². The van der Waals surface area contributed by atoms with E-state index in [0.29, 0.717) is 0 Å². The van der Waals surface area contributed by atoms with Gasteiger partial charge in [0.05, 0.1) is 11.0 Å². The number of hydrogen-bond donors (Lipinski definition) is 3. The van der Waals surface area contributed by atoms with Crippen molar-refractivity contribution in [3.63, 3.8) is 0 Å². The third-order valence-electron chi connectivity index (χ3n) is 1.52. The molecule has 0 saturated heterocycles. The number of nitrogens with one attached hydrogen (secondary N) is 2. The molecule has 1 atom stereocenters.